The second kappa shape index (κ2) is 9.64. The van der Waals surface area contributed by atoms with Crippen molar-refractivity contribution in [1.82, 2.24) is 0 Å². The molecule has 0 N–H and O–H groups in total. The largest absolute Gasteiger partial charge is 0.426 e. The number of benzene rings is 4. The van der Waals surface area contributed by atoms with Crippen LogP contribution in [0, 0.1) is 17.8 Å². The van der Waals surface area contributed by atoms with Crippen LogP contribution >= 0.6 is 11.6 Å². The highest BCUT2D eigenvalue weighted by Gasteiger charge is 2.61. The maximum Gasteiger partial charge on any atom is 0.316 e. The highest BCUT2D eigenvalue weighted by Crippen LogP contribution is 2.61. The molecule has 0 aromatic heterocycles. The summed E-state index contributed by atoms with van der Waals surface area (Å²) >= 11 is 6.09. The highest BCUT2D eigenvalue weighted by molar-refractivity contribution is 6.31. The summed E-state index contributed by atoms with van der Waals surface area (Å²) in [5.41, 5.74) is 5.42. The van der Waals surface area contributed by atoms with Crippen molar-refractivity contribution >= 4 is 46.7 Å². The molecule has 3 aliphatic carbocycles. The van der Waals surface area contributed by atoms with Crippen molar-refractivity contribution in [3.8, 4) is 5.75 Å². The lowest BCUT2D eigenvalue weighted by Gasteiger charge is -2.45. The van der Waals surface area contributed by atoms with Gasteiger partial charge >= 0.3 is 5.97 Å². The van der Waals surface area contributed by atoms with Crippen LogP contribution in [0.2, 0.25) is 5.02 Å². The molecular formula is C35H25ClN2O5. The van der Waals surface area contributed by atoms with E-state index in [1.54, 1.807) is 48.5 Å². The minimum atomic E-state index is -0.666. The standard InChI is InChI=1S/C35H25ClN2O5/c36-20-7-5-8-21(16-20)37-18-19(15-28(37)39)35(42)43-23-10-6-9-22(17-23)38-33(40)31-29-24-11-1-2-12-25(24)30(32(31)34(38)41)27-14-4-3-13-26(27)29/h1-14,16-17,19,29-32H,15,18H2/t19-,29?,30?,31-,32-/m1/s1. The van der Waals surface area contributed by atoms with Crippen molar-refractivity contribution in [3.05, 3.63) is 124 Å². The fourth-order valence-corrected chi connectivity index (χ4v) is 7.76. The first-order valence-electron chi connectivity index (χ1n) is 14.3. The Morgan fingerprint density at radius 3 is 1.84 bits per heavy atom. The zero-order valence-electron chi connectivity index (χ0n) is 22.9. The normalized spacial score (nSPS) is 25.0. The molecule has 9 rings (SSSR count). The summed E-state index contributed by atoms with van der Waals surface area (Å²) in [6.07, 6.45) is 0.0153. The molecular weight excluding hydrogens is 564 g/mol. The Balaban J connectivity index is 1.06. The maximum atomic E-state index is 14.1. The summed E-state index contributed by atoms with van der Waals surface area (Å²) in [5, 5.41) is 0.500. The molecule has 2 heterocycles. The summed E-state index contributed by atoms with van der Waals surface area (Å²) in [7, 11) is 0. The lowest BCUT2D eigenvalue weighted by Crippen LogP contribution is -2.41. The quantitative estimate of drug-likeness (QED) is 0.174. The second-order valence-corrected chi connectivity index (χ2v) is 12.0. The number of halogens is 1. The molecule has 0 spiro atoms. The van der Waals surface area contributed by atoms with Crippen LogP contribution < -0.4 is 14.5 Å². The van der Waals surface area contributed by atoms with E-state index >= 15 is 0 Å². The van der Waals surface area contributed by atoms with E-state index in [-0.39, 0.29) is 48.3 Å². The number of hydrogen-bond donors (Lipinski definition) is 0. The molecule has 5 aliphatic rings. The Bertz CT molecular complexity index is 1750. The number of amides is 3. The van der Waals surface area contributed by atoms with Gasteiger partial charge in [-0.25, -0.2) is 4.90 Å². The van der Waals surface area contributed by atoms with Gasteiger partial charge in [0.15, 0.2) is 0 Å². The number of carbonyl (C=O) groups excluding carboxylic acids is 4. The molecule has 2 saturated heterocycles. The lowest BCUT2D eigenvalue weighted by molar-refractivity contribution is -0.139. The predicted octanol–water partition coefficient (Wildman–Crippen LogP) is 5.70. The van der Waals surface area contributed by atoms with Crippen molar-refractivity contribution < 1.29 is 23.9 Å². The van der Waals surface area contributed by atoms with Gasteiger partial charge in [0, 0.05) is 41.6 Å². The molecule has 4 aromatic rings. The zero-order valence-corrected chi connectivity index (χ0v) is 23.6. The number of esters is 1. The fourth-order valence-electron chi connectivity index (χ4n) is 7.58. The molecule has 0 unspecified atom stereocenters. The molecule has 3 atom stereocenters. The van der Waals surface area contributed by atoms with Crippen molar-refractivity contribution in [2.75, 3.05) is 16.3 Å². The van der Waals surface area contributed by atoms with Crippen LogP contribution in [-0.2, 0) is 19.2 Å². The third-order valence-electron chi connectivity index (χ3n) is 9.32. The van der Waals surface area contributed by atoms with Crippen molar-refractivity contribution in [2.45, 2.75) is 18.3 Å². The van der Waals surface area contributed by atoms with Crippen LogP contribution in [0.3, 0.4) is 0 Å². The average Bonchev–Trinajstić information content (AvgIpc) is 3.54. The molecule has 2 bridgehead atoms. The molecule has 0 saturated carbocycles. The van der Waals surface area contributed by atoms with Gasteiger partial charge in [-0.1, -0.05) is 72.3 Å². The molecule has 4 aromatic carbocycles. The van der Waals surface area contributed by atoms with E-state index in [0.29, 0.717) is 16.4 Å². The van der Waals surface area contributed by atoms with Crippen molar-refractivity contribution in [3.63, 3.8) is 0 Å². The number of hydrogen-bond acceptors (Lipinski definition) is 5. The Kier molecular flexibility index (Phi) is 5.81. The van der Waals surface area contributed by atoms with Crippen LogP contribution in [0.25, 0.3) is 0 Å². The number of ether oxygens (including phenoxy) is 1. The first-order valence-corrected chi connectivity index (χ1v) is 14.7. The Labute approximate surface area is 252 Å². The summed E-state index contributed by atoms with van der Waals surface area (Å²) in [6, 6.07) is 29.7. The maximum absolute atomic E-state index is 14.1. The summed E-state index contributed by atoms with van der Waals surface area (Å²) in [6.45, 7) is 0.175. The number of anilines is 2. The minimum Gasteiger partial charge on any atom is -0.426 e. The molecule has 43 heavy (non-hydrogen) atoms. The molecule has 8 heteroatoms. The fraction of sp³-hybridized carbons (Fsp3) is 0.200. The van der Waals surface area contributed by atoms with Gasteiger partial charge in [-0.05, 0) is 52.6 Å². The molecule has 212 valence electrons. The summed E-state index contributed by atoms with van der Waals surface area (Å²) in [4.78, 5) is 56.8. The number of rotatable bonds is 4. The topological polar surface area (TPSA) is 84.0 Å². The Morgan fingerprint density at radius 2 is 1.26 bits per heavy atom. The van der Waals surface area contributed by atoms with Crippen LogP contribution in [-0.4, -0.2) is 30.2 Å². The summed E-state index contributed by atoms with van der Waals surface area (Å²) in [5.74, 6) is -3.09. The molecule has 7 nitrogen and oxygen atoms in total. The van der Waals surface area contributed by atoms with Crippen LogP contribution in [0.15, 0.2) is 97.1 Å². The van der Waals surface area contributed by atoms with E-state index in [9.17, 15) is 19.2 Å². The third-order valence-corrected chi connectivity index (χ3v) is 9.56. The number of nitrogens with zero attached hydrogens (tertiary/aromatic N) is 2. The first kappa shape index (κ1) is 25.9. The van der Waals surface area contributed by atoms with E-state index in [0.717, 1.165) is 22.3 Å². The number of imide groups is 1. The molecule has 0 radical (unpaired) electrons. The van der Waals surface area contributed by atoms with E-state index in [1.165, 1.54) is 9.80 Å². The van der Waals surface area contributed by atoms with Crippen LogP contribution in [0.1, 0.15) is 40.5 Å². The van der Waals surface area contributed by atoms with E-state index in [1.807, 2.05) is 24.3 Å². The van der Waals surface area contributed by atoms with E-state index in [4.69, 9.17) is 16.3 Å². The SMILES string of the molecule is O=C(Oc1cccc(N2C(=O)[C@@H]3C4c5ccccc5C(c5ccccc54)[C@H]3C2=O)c1)[C@@H]1CC(=O)N(c2cccc(Cl)c2)C1. The van der Waals surface area contributed by atoms with Crippen LogP contribution in [0.5, 0.6) is 5.75 Å². The smallest absolute Gasteiger partial charge is 0.316 e. The monoisotopic (exact) mass is 588 g/mol. The lowest BCUT2D eigenvalue weighted by atomic mass is 9.55. The van der Waals surface area contributed by atoms with Gasteiger partial charge in [0.1, 0.15) is 5.75 Å². The average molecular weight is 589 g/mol. The van der Waals surface area contributed by atoms with Gasteiger partial charge in [-0.2, -0.15) is 0 Å². The number of carbonyl (C=O) groups is 4. The van der Waals surface area contributed by atoms with E-state index < -0.39 is 23.7 Å². The summed E-state index contributed by atoms with van der Waals surface area (Å²) < 4.78 is 5.71. The van der Waals surface area contributed by atoms with Gasteiger partial charge in [0.25, 0.3) is 0 Å². The van der Waals surface area contributed by atoms with Gasteiger partial charge in [0.2, 0.25) is 17.7 Å². The first-order chi connectivity index (χ1) is 20.9. The van der Waals surface area contributed by atoms with Crippen molar-refractivity contribution in [1.29, 1.82) is 0 Å². The Morgan fingerprint density at radius 1 is 0.698 bits per heavy atom. The minimum absolute atomic E-state index is 0.0153. The van der Waals surface area contributed by atoms with Gasteiger partial charge in [-0.15, -0.1) is 0 Å². The second-order valence-electron chi connectivity index (χ2n) is 11.6. The molecule has 2 aliphatic heterocycles. The third kappa shape index (κ3) is 3.88. The zero-order chi connectivity index (χ0) is 29.4. The van der Waals surface area contributed by atoms with Gasteiger partial charge in [-0.3, -0.25) is 19.2 Å². The molecule has 2 fully saturated rings. The van der Waals surface area contributed by atoms with Gasteiger partial charge < -0.3 is 9.64 Å². The van der Waals surface area contributed by atoms with Gasteiger partial charge in [0.05, 0.1) is 23.4 Å². The Hall–Kier alpha value is -4.75. The van der Waals surface area contributed by atoms with Crippen LogP contribution in [0.4, 0.5) is 11.4 Å². The van der Waals surface area contributed by atoms with E-state index in [2.05, 4.69) is 24.3 Å². The molecule has 3 amide bonds. The predicted molar refractivity (Wildman–Crippen MR) is 160 cm³/mol. The van der Waals surface area contributed by atoms with Crippen molar-refractivity contribution in [2.24, 2.45) is 17.8 Å². The highest BCUT2D eigenvalue weighted by atomic mass is 35.5.